The molecule has 1 unspecified atom stereocenters. The summed E-state index contributed by atoms with van der Waals surface area (Å²) in [4.78, 5) is 11.3. The molecule has 0 amide bonds. The van der Waals surface area contributed by atoms with Crippen LogP contribution in [0.5, 0.6) is 0 Å². The van der Waals surface area contributed by atoms with E-state index in [-0.39, 0.29) is 5.78 Å². The third kappa shape index (κ3) is 2.70. The van der Waals surface area contributed by atoms with Gasteiger partial charge in [0.05, 0.1) is 6.07 Å². The van der Waals surface area contributed by atoms with Gasteiger partial charge in [-0.1, -0.05) is 37.3 Å². The first kappa shape index (κ1) is 10.5. The van der Waals surface area contributed by atoms with E-state index in [9.17, 15) is 4.79 Å². The lowest BCUT2D eigenvalue weighted by Crippen LogP contribution is -2.13. The Kier molecular flexibility index (Phi) is 3.87. The van der Waals surface area contributed by atoms with Crippen LogP contribution >= 0.6 is 0 Å². The first-order valence-corrected chi connectivity index (χ1v) is 4.74. The van der Waals surface area contributed by atoms with Gasteiger partial charge in [0.2, 0.25) is 0 Å². The van der Waals surface area contributed by atoms with Crippen molar-refractivity contribution in [3.8, 4) is 6.07 Å². The Hall–Kier alpha value is -1.62. The zero-order valence-electron chi connectivity index (χ0n) is 8.23. The lowest BCUT2D eigenvalue weighted by Gasteiger charge is -2.05. The maximum absolute atomic E-state index is 11.3. The van der Waals surface area contributed by atoms with Crippen LogP contribution in [-0.2, 0) is 11.2 Å². The number of hydrogen-bond acceptors (Lipinski definition) is 2. The minimum atomic E-state index is -0.484. The second-order valence-electron chi connectivity index (χ2n) is 3.19. The second-order valence-corrected chi connectivity index (χ2v) is 3.19. The average Bonchev–Trinajstić information content (AvgIpc) is 2.26. The highest BCUT2D eigenvalue weighted by Crippen LogP contribution is 2.10. The van der Waals surface area contributed by atoms with Crippen molar-refractivity contribution < 1.29 is 4.79 Å². The van der Waals surface area contributed by atoms with Crippen molar-refractivity contribution in [3.05, 3.63) is 35.9 Å². The number of rotatable bonds is 4. The molecule has 0 saturated heterocycles. The quantitative estimate of drug-likeness (QED) is 0.726. The van der Waals surface area contributed by atoms with Crippen LogP contribution in [0.1, 0.15) is 18.9 Å². The predicted molar refractivity (Wildman–Crippen MR) is 54.5 cm³/mol. The van der Waals surface area contributed by atoms with Crippen molar-refractivity contribution in [2.24, 2.45) is 5.92 Å². The summed E-state index contributed by atoms with van der Waals surface area (Å²) in [6.45, 7) is 1.79. The van der Waals surface area contributed by atoms with Crippen molar-refractivity contribution >= 4 is 5.78 Å². The van der Waals surface area contributed by atoms with E-state index in [1.54, 1.807) is 6.92 Å². The topological polar surface area (TPSA) is 40.9 Å². The van der Waals surface area contributed by atoms with Crippen molar-refractivity contribution in [2.45, 2.75) is 19.8 Å². The molecule has 14 heavy (non-hydrogen) atoms. The van der Waals surface area contributed by atoms with Crippen LogP contribution < -0.4 is 0 Å². The van der Waals surface area contributed by atoms with E-state index in [0.717, 1.165) is 5.56 Å². The van der Waals surface area contributed by atoms with Gasteiger partial charge in [-0.3, -0.25) is 4.79 Å². The Balaban J connectivity index is 2.68. The molecule has 1 aromatic rings. The summed E-state index contributed by atoms with van der Waals surface area (Å²) < 4.78 is 0. The van der Waals surface area contributed by atoms with Crippen LogP contribution in [0, 0.1) is 17.2 Å². The minimum absolute atomic E-state index is 0.0244. The van der Waals surface area contributed by atoms with Gasteiger partial charge in [0.25, 0.3) is 0 Å². The Morgan fingerprint density at radius 1 is 1.43 bits per heavy atom. The zero-order valence-corrected chi connectivity index (χ0v) is 8.23. The molecule has 1 rings (SSSR count). The highest BCUT2D eigenvalue weighted by molar-refractivity contribution is 5.83. The van der Waals surface area contributed by atoms with E-state index in [1.807, 2.05) is 30.3 Å². The summed E-state index contributed by atoms with van der Waals surface area (Å²) in [5, 5.41) is 8.82. The van der Waals surface area contributed by atoms with Crippen LogP contribution in [0.15, 0.2) is 30.3 Å². The summed E-state index contributed by atoms with van der Waals surface area (Å²) in [5.41, 5.74) is 1.04. The Bertz CT molecular complexity index is 337. The Morgan fingerprint density at radius 3 is 2.57 bits per heavy atom. The fraction of sp³-hybridized carbons (Fsp3) is 0.333. The van der Waals surface area contributed by atoms with Crippen LogP contribution in [-0.4, -0.2) is 5.78 Å². The standard InChI is InChI=1S/C12H13NO/c1-2-12(14)11(9-13)8-10-6-4-3-5-7-10/h3-7,11H,2,8H2,1H3. The molecule has 2 heteroatoms. The summed E-state index contributed by atoms with van der Waals surface area (Å²) in [6, 6.07) is 11.7. The molecule has 1 atom stereocenters. The number of Topliss-reactive ketones (excluding diaryl/α,β-unsaturated/α-hetero) is 1. The molecule has 0 aliphatic heterocycles. The van der Waals surface area contributed by atoms with Gasteiger partial charge in [-0.05, 0) is 12.0 Å². The SMILES string of the molecule is CCC(=O)C(C#N)Cc1ccccc1. The number of hydrogen-bond donors (Lipinski definition) is 0. The maximum Gasteiger partial charge on any atom is 0.150 e. The molecule has 0 radical (unpaired) electrons. The molecule has 0 spiro atoms. The third-order valence-corrected chi connectivity index (χ3v) is 2.18. The molecule has 0 aliphatic rings. The highest BCUT2D eigenvalue weighted by atomic mass is 16.1. The van der Waals surface area contributed by atoms with Crippen LogP contribution in [0.2, 0.25) is 0 Å². The molecule has 0 bridgehead atoms. The largest absolute Gasteiger partial charge is 0.298 e. The van der Waals surface area contributed by atoms with Gasteiger partial charge in [-0.25, -0.2) is 0 Å². The summed E-state index contributed by atoms with van der Waals surface area (Å²) in [6.07, 6.45) is 0.967. The number of nitriles is 1. The van der Waals surface area contributed by atoms with Gasteiger partial charge in [-0.2, -0.15) is 5.26 Å². The second kappa shape index (κ2) is 5.18. The highest BCUT2D eigenvalue weighted by Gasteiger charge is 2.15. The zero-order chi connectivity index (χ0) is 10.4. The van der Waals surface area contributed by atoms with Gasteiger partial charge >= 0.3 is 0 Å². The minimum Gasteiger partial charge on any atom is -0.298 e. The molecule has 0 heterocycles. The van der Waals surface area contributed by atoms with Crippen molar-refractivity contribution in [1.29, 1.82) is 5.26 Å². The van der Waals surface area contributed by atoms with E-state index in [0.29, 0.717) is 12.8 Å². The smallest absolute Gasteiger partial charge is 0.150 e. The molecule has 2 nitrogen and oxygen atoms in total. The fourth-order valence-corrected chi connectivity index (χ4v) is 1.33. The molecule has 0 aliphatic carbocycles. The van der Waals surface area contributed by atoms with E-state index in [1.165, 1.54) is 0 Å². The Labute approximate surface area is 84.2 Å². The molecular weight excluding hydrogens is 174 g/mol. The van der Waals surface area contributed by atoms with Crippen molar-refractivity contribution in [3.63, 3.8) is 0 Å². The van der Waals surface area contributed by atoms with E-state index in [4.69, 9.17) is 5.26 Å². The van der Waals surface area contributed by atoms with E-state index in [2.05, 4.69) is 6.07 Å². The first-order valence-electron chi connectivity index (χ1n) is 4.74. The molecule has 0 aromatic heterocycles. The number of carbonyl (C=O) groups is 1. The molecule has 0 N–H and O–H groups in total. The fourth-order valence-electron chi connectivity index (χ4n) is 1.33. The van der Waals surface area contributed by atoms with Crippen LogP contribution in [0.4, 0.5) is 0 Å². The first-order chi connectivity index (χ1) is 6.77. The van der Waals surface area contributed by atoms with Crippen molar-refractivity contribution in [2.75, 3.05) is 0 Å². The summed E-state index contributed by atoms with van der Waals surface area (Å²) >= 11 is 0. The maximum atomic E-state index is 11.3. The predicted octanol–water partition coefficient (Wildman–Crippen LogP) is 2.35. The Morgan fingerprint density at radius 2 is 2.07 bits per heavy atom. The lowest BCUT2D eigenvalue weighted by atomic mass is 9.95. The number of nitrogens with zero attached hydrogens (tertiary/aromatic N) is 1. The molecule has 0 fully saturated rings. The normalized spacial score (nSPS) is 11.7. The summed E-state index contributed by atoms with van der Waals surface area (Å²) in [7, 11) is 0. The van der Waals surface area contributed by atoms with Gasteiger partial charge in [-0.15, -0.1) is 0 Å². The van der Waals surface area contributed by atoms with Gasteiger partial charge in [0.1, 0.15) is 11.7 Å². The van der Waals surface area contributed by atoms with Gasteiger partial charge in [0.15, 0.2) is 0 Å². The number of ketones is 1. The van der Waals surface area contributed by atoms with Crippen LogP contribution in [0.25, 0.3) is 0 Å². The molecule has 0 saturated carbocycles. The van der Waals surface area contributed by atoms with Crippen LogP contribution in [0.3, 0.4) is 0 Å². The average molecular weight is 187 g/mol. The van der Waals surface area contributed by atoms with Gasteiger partial charge in [0, 0.05) is 6.42 Å². The summed E-state index contributed by atoms with van der Waals surface area (Å²) in [5.74, 6) is -0.459. The number of benzene rings is 1. The van der Waals surface area contributed by atoms with E-state index >= 15 is 0 Å². The molecular formula is C12H13NO. The number of carbonyl (C=O) groups excluding carboxylic acids is 1. The molecule has 72 valence electrons. The van der Waals surface area contributed by atoms with Crippen molar-refractivity contribution in [1.82, 2.24) is 0 Å². The van der Waals surface area contributed by atoms with E-state index < -0.39 is 5.92 Å². The van der Waals surface area contributed by atoms with Gasteiger partial charge < -0.3 is 0 Å². The third-order valence-electron chi connectivity index (χ3n) is 2.18. The lowest BCUT2D eigenvalue weighted by molar-refractivity contribution is -0.120. The monoisotopic (exact) mass is 187 g/mol. The molecule has 1 aromatic carbocycles.